The Hall–Kier alpha value is -2.62. The minimum absolute atomic E-state index is 0.124. The summed E-state index contributed by atoms with van der Waals surface area (Å²) in [5, 5.41) is 3.08. The van der Waals surface area contributed by atoms with Gasteiger partial charge >= 0.3 is 0 Å². The van der Waals surface area contributed by atoms with Crippen molar-refractivity contribution in [3.63, 3.8) is 0 Å². The van der Waals surface area contributed by atoms with E-state index in [4.69, 9.17) is 0 Å². The van der Waals surface area contributed by atoms with Crippen molar-refractivity contribution in [2.45, 2.75) is 28.8 Å². The number of aromatic nitrogens is 2. The number of para-hydroxylation sites is 2. The van der Waals surface area contributed by atoms with Gasteiger partial charge in [-0.05, 0) is 37.3 Å². The van der Waals surface area contributed by atoms with Gasteiger partial charge in [-0.15, -0.1) is 6.58 Å². The van der Waals surface area contributed by atoms with Crippen molar-refractivity contribution in [2.24, 2.45) is 0 Å². The Morgan fingerprint density at radius 2 is 2.00 bits per heavy atom. The molecule has 2 aromatic carbocycles. The molecule has 1 aromatic heterocycles. The van der Waals surface area contributed by atoms with E-state index < -0.39 is 15.3 Å². The molecule has 3 aromatic rings. The lowest BCUT2D eigenvalue weighted by Gasteiger charge is -2.15. The topological polar surface area (TPSA) is 84.3 Å². The Kier molecular flexibility index (Phi) is 6.64. The predicted octanol–water partition coefficient (Wildman–Crippen LogP) is 3.59. The summed E-state index contributed by atoms with van der Waals surface area (Å²) < 4.78 is 27.8. The molecule has 1 heterocycles. The maximum Gasteiger partial charge on any atom is 0.242 e. The number of hydrogen-bond acceptors (Lipinski definition) is 5. The molecule has 30 heavy (non-hydrogen) atoms. The number of fused-ring (bicyclic) bond motifs is 1. The van der Waals surface area contributed by atoms with E-state index in [0.717, 1.165) is 20.5 Å². The highest BCUT2D eigenvalue weighted by Crippen LogP contribution is 2.28. The zero-order valence-corrected chi connectivity index (χ0v) is 18.7. The number of rotatable bonds is 8. The van der Waals surface area contributed by atoms with Gasteiger partial charge in [0.15, 0.2) is 5.16 Å². The number of nitrogens with zero attached hydrogens (tertiary/aromatic N) is 3. The number of allylic oxidation sites excluding steroid dienone is 1. The van der Waals surface area contributed by atoms with Crippen molar-refractivity contribution in [1.29, 1.82) is 0 Å². The van der Waals surface area contributed by atoms with Crippen LogP contribution in [0.2, 0.25) is 0 Å². The van der Waals surface area contributed by atoms with Crippen LogP contribution in [0.1, 0.15) is 6.92 Å². The Morgan fingerprint density at radius 3 is 2.70 bits per heavy atom. The molecule has 158 valence electrons. The van der Waals surface area contributed by atoms with Gasteiger partial charge in [-0.1, -0.05) is 36.0 Å². The number of imidazole rings is 1. The first-order valence-corrected chi connectivity index (χ1v) is 11.6. The van der Waals surface area contributed by atoms with Crippen LogP contribution in [0.15, 0.2) is 71.2 Å². The summed E-state index contributed by atoms with van der Waals surface area (Å²) in [6, 6.07) is 14.0. The normalized spacial score (nSPS) is 12.8. The lowest BCUT2D eigenvalue weighted by Crippen LogP contribution is -2.24. The van der Waals surface area contributed by atoms with Crippen LogP contribution in [-0.4, -0.2) is 47.5 Å². The number of carbonyl (C=O) groups excluding carboxylic acids is 1. The fourth-order valence-corrected chi connectivity index (χ4v) is 4.73. The van der Waals surface area contributed by atoms with Crippen LogP contribution in [-0.2, 0) is 21.4 Å². The first kappa shape index (κ1) is 22.1. The molecule has 0 aliphatic carbocycles. The molecule has 1 N–H and O–H groups in total. The number of anilines is 1. The molecule has 0 saturated carbocycles. The lowest BCUT2D eigenvalue weighted by molar-refractivity contribution is -0.115. The molecule has 1 amide bonds. The summed E-state index contributed by atoms with van der Waals surface area (Å²) in [6.45, 7) is 6.18. The third kappa shape index (κ3) is 4.58. The number of nitrogens with one attached hydrogen (secondary N) is 1. The zero-order chi connectivity index (χ0) is 21.9. The summed E-state index contributed by atoms with van der Waals surface area (Å²) in [4.78, 5) is 17.5. The third-order valence-electron chi connectivity index (χ3n) is 4.46. The third-order valence-corrected chi connectivity index (χ3v) is 7.36. The zero-order valence-electron chi connectivity index (χ0n) is 17.1. The number of benzene rings is 2. The molecule has 0 aliphatic heterocycles. The maximum absolute atomic E-state index is 12.7. The highest BCUT2D eigenvalue weighted by molar-refractivity contribution is 8.00. The van der Waals surface area contributed by atoms with Gasteiger partial charge in [0, 0.05) is 26.3 Å². The number of amides is 1. The van der Waals surface area contributed by atoms with Crippen molar-refractivity contribution in [3.8, 4) is 0 Å². The monoisotopic (exact) mass is 444 g/mol. The van der Waals surface area contributed by atoms with Crippen LogP contribution >= 0.6 is 11.8 Å². The smallest absolute Gasteiger partial charge is 0.242 e. The summed E-state index contributed by atoms with van der Waals surface area (Å²) >= 11 is 1.34. The van der Waals surface area contributed by atoms with Crippen LogP contribution < -0.4 is 5.32 Å². The van der Waals surface area contributed by atoms with E-state index in [2.05, 4.69) is 16.9 Å². The van der Waals surface area contributed by atoms with Crippen LogP contribution in [0.5, 0.6) is 0 Å². The molecular weight excluding hydrogens is 420 g/mol. The van der Waals surface area contributed by atoms with E-state index in [1.807, 2.05) is 28.8 Å². The fraction of sp³-hybridized carbons (Fsp3) is 0.238. The Balaban J connectivity index is 1.79. The lowest BCUT2D eigenvalue weighted by atomic mass is 10.3. The second-order valence-corrected chi connectivity index (χ2v) is 10.3. The number of sulfonamides is 1. The van der Waals surface area contributed by atoms with Crippen LogP contribution in [0.4, 0.5) is 5.69 Å². The highest BCUT2D eigenvalue weighted by Gasteiger charge is 2.21. The van der Waals surface area contributed by atoms with Crippen molar-refractivity contribution < 1.29 is 13.2 Å². The second-order valence-electron chi connectivity index (χ2n) is 6.85. The quantitative estimate of drug-likeness (QED) is 0.424. The average molecular weight is 445 g/mol. The van der Waals surface area contributed by atoms with Crippen molar-refractivity contribution >= 4 is 44.4 Å². The average Bonchev–Trinajstić information content (AvgIpc) is 3.05. The van der Waals surface area contributed by atoms with E-state index >= 15 is 0 Å². The molecule has 9 heteroatoms. The van der Waals surface area contributed by atoms with Gasteiger partial charge in [-0.2, -0.15) is 0 Å². The Labute approximate surface area is 180 Å². The Bertz CT molecular complexity index is 1190. The van der Waals surface area contributed by atoms with Gasteiger partial charge in [-0.3, -0.25) is 4.79 Å². The molecule has 0 saturated heterocycles. The van der Waals surface area contributed by atoms with E-state index in [-0.39, 0.29) is 10.8 Å². The molecule has 0 spiro atoms. The molecule has 1 unspecified atom stereocenters. The minimum atomic E-state index is -3.58. The summed E-state index contributed by atoms with van der Waals surface area (Å²) in [6.07, 6.45) is 1.79. The van der Waals surface area contributed by atoms with Gasteiger partial charge in [0.2, 0.25) is 15.9 Å². The minimum Gasteiger partial charge on any atom is -0.325 e. The largest absolute Gasteiger partial charge is 0.325 e. The van der Waals surface area contributed by atoms with Gasteiger partial charge in [0.05, 0.1) is 21.2 Å². The van der Waals surface area contributed by atoms with Crippen LogP contribution in [0.25, 0.3) is 11.0 Å². The van der Waals surface area contributed by atoms with E-state index in [1.54, 1.807) is 25.1 Å². The number of carbonyl (C=O) groups is 1. The number of thioether (sulfide) groups is 1. The van der Waals surface area contributed by atoms with Crippen LogP contribution in [0, 0.1) is 0 Å². The van der Waals surface area contributed by atoms with E-state index in [9.17, 15) is 13.2 Å². The highest BCUT2D eigenvalue weighted by atomic mass is 32.2. The van der Waals surface area contributed by atoms with Gasteiger partial charge in [0.25, 0.3) is 0 Å². The Morgan fingerprint density at radius 1 is 1.27 bits per heavy atom. The molecule has 0 radical (unpaired) electrons. The fourth-order valence-electron chi connectivity index (χ4n) is 2.85. The van der Waals surface area contributed by atoms with Crippen LogP contribution in [0.3, 0.4) is 0 Å². The van der Waals surface area contributed by atoms with Gasteiger partial charge in [-0.25, -0.2) is 17.7 Å². The first-order chi connectivity index (χ1) is 14.2. The number of hydrogen-bond donors (Lipinski definition) is 1. The van der Waals surface area contributed by atoms with E-state index in [0.29, 0.717) is 12.2 Å². The van der Waals surface area contributed by atoms with Gasteiger partial charge in [0.1, 0.15) is 0 Å². The van der Waals surface area contributed by atoms with Crippen molar-refractivity contribution in [3.05, 3.63) is 61.2 Å². The molecule has 0 fully saturated rings. The summed E-state index contributed by atoms with van der Waals surface area (Å²) in [5.74, 6) is -0.239. The SMILES string of the molecule is C=CCn1c(SC(C)C(=O)Nc2cccc(S(=O)(=O)N(C)C)c2)nc2ccccc21. The second kappa shape index (κ2) is 9.03. The molecule has 0 bridgehead atoms. The predicted molar refractivity (Wildman–Crippen MR) is 121 cm³/mol. The molecule has 7 nitrogen and oxygen atoms in total. The molecular formula is C21H24N4O3S2. The summed E-state index contributed by atoms with van der Waals surface area (Å²) in [5.41, 5.74) is 2.26. The van der Waals surface area contributed by atoms with E-state index in [1.165, 1.54) is 38.0 Å². The van der Waals surface area contributed by atoms with Gasteiger partial charge < -0.3 is 9.88 Å². The first-order valence-electron chi connectivity index (χ1n) is 9.30. The van der Waals surface area contributed by atoms with Crippen molar-refractivity contribution in [1.82, 2.24) is 13.9 Å². The molecule has 1 atom stereocenters. The van der Waals surface area contributed by atoms with Crippen molar-refractivity contribution in [2.75, 3.05) is 19.4 Å². The molecule has 3 rings (SSSR count). The standard InChI is InChI=1S/C21H24N4O3S2/c1-5-13-25-19-12-7-6-11-18(19)23-21(25)29-15(2)20(26)22-16-9-8-10-17(14-16)30(27,28)24(3)4/h5-12,14-15H,1,13H2,2-4H3,(H,22,26). The summed E-state index contributed by atoms with van der Waals surface area (Å²) in [7, 11) is -0.643. The molecule has 0 aliphatic rings. The maximum atomic E-state index is 12.7.